The van der Waals surface area contributed by atoms with E-state index in [0.717, 1.165) is 37.7 Å². The molecule has 0 aliphatic heterocycles. The Morgan fingerprint density at radius 2 is 2.14 bits per heavy atom. The summed E-state index contributed by atoms with van der Waals surface area (Å²) in [5.74, 6) is 0.309. The van der Waals surface area contributed by atoms with Crippen molar-refractivity contribution in [3.63, 3.8) is 0 Å². The van der Waals surface area contributed by atoms with E-state index in [9.17, 15) is 9.59 Å². The summed E-state index contributed by atoms with van der Waals surface area (Å²) in [5, 5.41) is 3.61. The van der Waals surface area contributed by atoms with Gasteiger partial charge in [0.05, 0.1) is 12.2 Å². The number of thiophene rings is 1. The van der Waals surface area contributed by atoms with Crippen molar-refractivity contribution in [1.82, 2.24) is 0 Å². The molecule has 1 aliphatic carbocycles. The van der Waals surface area contributed by atoms with Gasteiger partial charge in [0.1, 0.15) is 5.00 Å². The Kier molecular flexibility index (Phi) is 6.00. The Hall–Kier alpha value is -1.36. The van der Waals surface area contributed by atoms with Crippen molar-refractivity contribution in [1.29, 1.82) is 0 Å². The van der Waals surface area contributed by atoms with Crippen LogP contribution < -0.4 is 5.32 Å². The summed E-state index contributed by atoms with van der Waals surface area (Å²) in [6, 6.07) is 0. The minimum absolute atomic E-state index is 0.0148. The number of unbranched alkanes of at least 4 members (excludes halogenated alkanes) is 1. The zero-order valence-electron chi connectivity index (χ0n) is 13.7. The summed E-state index contributed by atoms with van der Waals surface area (Å²) >= 11 is 1.55. The van der Waals surface area contributed by atoms with Crippen LogP contribution >= 0.6 is 11.3 Å². The molecule has 1 aromatic heterocycles. The zero-order chi connectivity index (χ0) is 16.1. The highest BCUT2D eigenvalue weighted by molar-refractivity contribution is 7.17. The molecule has 1 aromatic rings. The molecular formula is C17H25NO3S. The Bertz CT molecular complexity index is 550. The smallest absolute Gasteiger partial charge is 0.341 e. The Balaban J connectivity index is 2.27. The highest BCUT2D eigenvalue weighted by Gasteiger charge is 2.28. The normalized spacial score (nSPS) is 17.0. The zero-order valence-corrected chi connectivity index (χ0v) is 14.5. The maximum absolute atomic E-state index is 12.3. The van der Waals surface area contributed by atoms with Gasteiger partial charge in [0.25, 0.3) is 0 Å². The molecule has 0 saturated heterocycles. The van der Waals surface area contributed by atoms with Crippen molar-refractivity contribution in [2.45, 2.75) is 59.3 Å². The predicted molar refractivity (Wildman–Crippen MR) is 89.6 cm³/mol. The lowest BCUT2D eigenvalue weighted by Crippen LogP contribution is -2.16. The lowest BCUT2D eigenvalue weighted by Gasteiger charge is -2.18. The van der Waals surface area contributed by atoms with Crippen molar-refractivity contribution >= 4 is 28.2 Å². The third-order valence-corrected chi connectivity index (χ3v) is 5.17. The van der Waals surface area contributed by atoms with E-state index >= 15 is 0 Å². The largest absolute Gasteiger partial charge is 0.462 e. The van der Waals surface area contributed by atoms with Crippen LogP contribution in [-0.2, 0) is 22.4 Å². The minimum atomic E-state index is -0.305. The van der Waals surface area contributed by atoms with Gasteiger partial charge in [-0.05, 0) is 44.1 Å². The van der Waals surface area contributed by atoms with E-state index in [0.29, 0.717) is 29.5 Å². The lowest BCUT2D eigenvalue weighted by molar-refractivity contribution is -0.116. The molecule has 1 heterocycles. The fourth-order valence-corrected chi connectivity index (χ4v) is 4.20. The van der Waals surface area contributed by atoms with Crippen molar-refractivity contribution < 1.29 is 14.3 Å². The van der Waals surface area contributed by atoms with Crippen LogP contribution in [-0.4, -0.2) is 18.5 Å². The van der Waals surface area contributed by atoms with Crippen LogP contribution in [0.4, 0.5) is 5.00 Å². The highest BCUT2D eigenvalue weighted by Crippen LogP contribution is 2.40. The third-order valence-electron chi connectivity index (χ3n) is 4.00. The third kappa shape index (κ3) is 3.88. The molecule has 4 nitrogen and oxygen atoms in total. The van der Waals surface area contributed by atoms with E-state index < -0.39 is 0 Å². The van der Waals surface area contributed by atoms with Gasteiger partial charge in [0.2, 0.25) is 5.91 Å². The van der Waals surface area contributed by atoms with Crippen LogP contribution in [0.2, 0.25) is 0 Å². The molecule has 1 unspecified atom stereocenters. The first-order valence-corrected chi connectivity index (χ1v) is 8.99. The lowest BCUT2D eigenvalue weighted by atomic mass is 9.88. The summed E-state index contributed by atoms with van der Waals surface area (Å²) in [7, 11) is 0. The maximum atomic E-state index is 12.3. The van der Waals surface area contributed by atoms with Crippen LogP contribution in [0.1, 0.15) is 67.3 Å². The number of amides is 1. The van der Waals surface area contributed by atoms with E-state index in [-0.39, 0.29) is 11.9 Å². The first-order chi connectivity index (χ1) is 10.6. The summed E-state index contributed by atoms with van der Waals surface area (Å²) in [4.78, 5) is 25.6. The first-order valence-electron chi connectivity index (χ1n) is 8.18. The van der Waals surface area contributed by atoms with Gasteiger partial charge < -0.3 is 10.1 Å². The van der Waals surface area contributed by atoms with E-state index in [1.165, 1.54) is 4.88 Å². The molecule has 0 fully saturated rings. The summed E-state index contributed by atoms with van der Waals surface area (Å²) in [5.41, 5.74) is 1.69. The molecule has 0 radical (unpaired) electrons. The second kappa shape index (κ2) is 7.77. The molecule has 22 heavy (non-hydrogen) atoms. The molecule has 122 valence electrons. The SMILES string of the molecule is CCCCC(=O)Nc1sc2c(c1C(=O)OCC)CCC(C)C2. The molecule has 0 saturated carbocycles. The van der Waals surface area contributed by atoms with Gasteiger partial charge in [0.15, 0.2) is 0 Å². The molecule has 0 bridgehead atoms. The Morgan fingerprint density at radius 1 is 1.36 bits per heavy atom. The van der Waals surface area contributed by atoms with Crippen molar-refractivity contribution in [3.8, 4) is 0 Å². The maximum Gasteiger partial charge on any atom is 0.341 e. The van der Waals surface area contributed by atoms with Gasteiger partial charge >= 0.3 is 5.97 Å². The Labute approximate surface area is 136 Å². The second-order valence-corrected chi connectivity index (χ2v) is 7.03. The number of anilines is 1. The topological polar surface area (TPSA) is 55.4 Å². The number of hydrogen-bond acceptors (Lipinski definition) is 4. The van der Waals surface area contributed by atoms with E-state index in [4.69, 9.17) is 4.74 Å². The number of rotatable bonds is 6. The number of carbonyl (C=O) groups excluding carboxylic acids is 2. The summed E-state index contributed by atoms with van der Waals surface area (Å²) < 4.78 is 5.20. The van der Waals surface area contributed by atoms with Gasteiger partial charge in [-0.15, -0.1) is 11.3 Å². The van der Waals surface area contributed by atoms with E-state index in [1.54, 1.807) is 18.3 Å². The molecule has 0 spiro atoms. The average molecular weight is 323 g/mol. The van der Waals surface area contributed by atoms with Crippen molar-refractivity contribution in [3.05, 3.63) is 16.0 Å². The van der Waals surface area contributed by atoms with Crippen LogP contribution in [0.15, 0.2) is 0 Å². The summed E-state index contributed by atoms with van der Waals surface area (Å²) in [6.45, 7) is 6.44. The summed E-state index contributed by atoms with van der Waals surface area (Å²) in [6.07, 6.45) is 5.31. The number of nitrogens with one attached hydrogen (secondary N) is 1. The highest BCUT2D eigenvalue weighted by atomic mass is 32.1. The average Bonchev–Trinajstić information content (AvgIpc) is 2.82. The number of ether oxygens (including phenoxy) is 1. The predicted octanol–water partition coefficient (Wildman–Crippen LogP) is 4.18. The number of fused-ring (bicyclic) bond motifs is 1. The number of esters is 1. The van der Waals surface area contributed by atoms with E-state index in [2.05, 4.69) is 19.2 Å². The molecule has 1 N–H and O–H groups in total. The fraction of sp³-hybridized carbons (Fsp3) is 0.647. The monoisotopic (exact) mass is 323 g/mol. The van der Waals surface area contributed by atoms with Gasteiger partial charge in [-0.1, -0.05) is 20.3 Å². The molecule has 1 aliphatic rings. The minimum Gasteiger partial charge on any atom is -0.462 e. The molecule has 1 atom stereocenters. The van der Waals surface area contributed by atoms with Crippen molar-refractivity contribution in [2.75, 3.05) is 11.9 Å². The molecule has 1 amide bonds. The Morgan fingerprint density at radius 3 is 2.82 bits per heavy atom. The van der Waals surface area contributed by atoms with Crippen LogP contribution in [0.25, 0.3) is 0 Å². The van der Waals surface area contributed by atoms with Gasteiger partial charge in [0, 0.05) is 11.3 Å². The van der Waals surface area contributed by atoms with Crippen LogP contribution in [0.3, 0.4) is 0 Å². The molecular weight excluding hydrogens is 298 g/mol. The molecule has 2 rings (SSSR count). The van der Waals surface area contributed by atoms with Gasteiger partial charge in [-0.3, -0.25) is 4.79 Å². The van der Waals surface area contributed by atoms with Gasteiger partial charge in [-0.25, -0.2) is 4.79 Å². The van der Waals surface area contributed by atoms with Crippen molar-refractivity contribution in [2.24, 2.45) is 5.92 Å². The van der Waals surface area contributed by atoms with Crippen LogP contribution in [0, 0.1) is 5.92 Å². The second-order valence-electron chi connectivity index (χ2n) is 5.93. The number of hydrogen-bond donors (Lipinski definition) is 1. The molecule has 0 aromatic carbocycles. The van der Waals surface area contributed by atoms with Crippen LogP contribution in [0.5, 0.6) is 0 Å². The quantitative estimate of drug-likeness (QED) is 0.799. The number of carbonyl (C=O) groups is 2. The molecule has 5 heteroatoms. The van der Waals surface area contributed by atoms with E-state index in [1.807, 2.05) is 0 Å². The van der Waals surface area contributed by atoms with Gasteiger partial charge in [-0.2, -0.15) is 0 Å². The fourth-order valence-electron chi connectivity index (χ4n) is 2.78. The first kappa shape index (κ1) is 17.0. The standard InChI is InChI=1S/C17H25NO3S/c1-4-6-7-14(19)18-16-15(17(20)21-5-2)12-9-8-11(3)10-13(12)22-16/h11H,4-10H2,1-3H3,(H,18,19).